The summed E-state index contributed by atoms with van der Waals surface area (Å²) in [5.41, 5.74) is 12.2. The predicted octanol–water partition coefficient (Wildman–Crippen LogP) is 11.4. The summed E-state index contributed by atoms with van der Waals surface area (Å²) in [6, 6.07) is 44.3. The zero-order valence-corrected chi connectivity index (χ0v) is 24.5. The Morgan fingerprint density at radius 1 is 0.550 bits per heavy atom. The molecule has 0 bridgehead atoms. The van der Waals surface area contributed by atoms with E-state index < -0.39 is 0 Å². The molecule has 5 aromatic carbocycles. The van der Waals surface area contributed by atoms with Gasteiger partial charge < -0.3 is 0 Å². The van der Waals surface area contributed by atoms with E-state index >= 15 is 0 Å². The van der Waals surface area contributed by atoms with Crippen molar-refractivity contribution in [2.75, 3.05) is 0 Å². The normalized spacial score (nSPS) is 12.3. The van der Waals surface area contributed by atoms with E-state index in [2.05, 4.69) is 147 Å². The van der Waals surface area contributed by atoms with Gasteiger partial charge in [0.2, 0.25) is 0 Å². The number of hydrogen-bond acceptors (Lipinski definition) is 0. The third kappa shape index (κ3) is 4.75. The third-order valence-corrected chi connectivity index (χ3v) is 7.46. The molecule has 1 aliphatic rings. The van der Waals surface area contributed by atoms with Crippen LogP contribution in [0.3, 0.4) is 0 Å². The molecule has 0 aliphatic heterocycles. The fraction of sp³-hybridized carbons (Fsp3) is 0.150. The maximum absolute atomic E-state index is 4.15. The van der Waals surface area contributed by atoms with Crippen LogP contribution in [0.15, 0.2) is 134 Å². The van der Waals surface area contributed by atoms with Crippen molar-refractivity contribution in [1.29, 1.82) is 0 Å². The van der Waals surface area contributed by atoms with Crippen molar-refractivity contribution in [3.63, 3.8) is 0 Å². The molecule has 0 heterocycles. The van der Waals surface area contributed by atoms with E-state index in [4.69, 9.17) is 0 Å². The summed E-state index contributed by atoms with van der Waals surface area (Å²) < 4.78 is 0. The Balaban J connectivity index is 0.000000886. The molecule has 1 aliphatic carbocycles. The molecule has 0 saturated carbocycles. The molecule has 0 saturated heterocycles. The second kappa shape index (κ2) is 13.1. The van der Waals surface area contributed by atoms with Gasteiger partial charge in [0.05, 0.1) is 5.41 Å². The van der Waals surface area contributed by atoms with Crippen LogP contribution in [0.25, 0.3) is 34.4 Å². The van der Waals surface area contributed by atoms with E-state index in [1.165, 1.54) is 50.1 Å². The van der Waals surface area contributed by atoms with Crippen LogP contribution in [-0.2, 0) is 5.41 Å². The van der Waals surface area contributed by atoms with E-state index in [9.17, 15) is 0 Å². The van der Waals surface area contributed by atoms with E-state index in [0.717, 1.165) is 5.56 Å². The van der Waals surface area contributed by atoms with Crippen LogP contribution in [-0.4, -0.2) is 0 Å². The van der Waals surface area contributed by atoms with E-state index in [-0.39, 0.29) is 5.41 Å². The molecule has 40 heavy (non-hydrogen) atoms. The highest BCUT2D eigenvalue weighted by molar-refractivity contribution is 5.90. The molecule has 0 aromatic heterocycles. The summed E-state index contributed by atoms with van der Waals surface area (Å²) in [4.78, 5) is 0. The van der Waals surface area contributed by atoms with Crippen molar-refractivity contribution in [3.05, 3.63) is 167 Å². The van der Waals surface area contributed by atoms with Crippen LogP contribution in [0.1, 0.15) is 68.0 Å². The molecule has 0 spiro atoms. The summed E-state index contributed by atoms with van der Waals surface area (Å²) in [5, 5.41) is 0. The number of fused-ring (bicyclic) bond motifs is 3. The van der Waals surface area contributed by atoms with Crippen molar-refractivity contribution in [2.24, 2.45) is 0 Å². The quantitative estimate of drug-likeness (QED) is 0.212. The second-order valence-electron chi connectivity index (χ2n) is 9.30. The topological polar surface area (TPSA) is 0 Å². The van der Waals surface area contributed by atoms with Gasteiger partial charge in [-0.3, -0.25) is 0 Å². The zero-order valence-electron chi connectivity index (χ0n) is 24.5. The van der Waals surface area contributed by atoms with Crippen LogP contribution in [0.5, 0.6) is 0 Å². The molecule has 0 atom stereocenters. The molecule has 0 nitrogen and oxygen atoms in total. The molecular formula is C40H40. The van der Waals surface area contributed by atoms with E-state index in [1.807, 2.05) is 33.8 Å². The van der Waals surface area contributed by atoms with Crippen LogP contribution in [0.2, 0.25) is 0 Å². The lowest BCUT2D eigenvalue weighted by Gasteiger charge is -2.34. The minimum atomic E-state index is -0.389. The van der Waals surface area contributed by atoms with Crippen molar-refractivity contribution in [3.8, 4) is 22.3 Å². The number of hydrogen-bond donors (Lipinski definition) is 0. The summed E-state index contributed by atoms with van der Waals surface area (Å²) >= 11 is 0. The summed E-state index contributed by atoms with van der Waals surface area (Å²) in [6.45, 7) is 14.2. The maximum Gasteiger partial charge on any atom is 0.0713 e. The van der Waals surface area contributed by atoms with Gasteiger partial charge in [-0.2, -0.15) is 0 Å². The largest absolute Gasteiger partial charge is 0.0984 e. The molecule has 0 unspecified atom stereocenters. The summed E-state index contributed by atoms with van der Waals surface area (Å²) in [7, 11) is 0. The Labute approximate surface area is 241 Å². The fourth-order valence-electron chi connectivity index (χ4n) is 6.00. The van der Waals surface area contributed by atoms with Crippen LogP contribution >= 0.6 is 0 Å². The summed E-state index contributed by atoms with van der Waals surface area (Å²) in [6.07, 6.45) is 6.22. The first-order valence-electron chi connectivity index (χ1n) is 14.5. The van der Waals surface area contributed by atoms with Crippen LogP contribution in [0.4, 0.5) is 0 Å². The fourth-order valence-corrected chi connectivity index (χ4v) is 6.00. The molecular weight excluding hydrogens is 480 g/mol. The monoisotopic (exact) mass is 520 g/mol. The smallest absolute Gasteiger partial charge is 0.0713 e. The average Bonchev–Trinajstić information content (AvgIpc) is 3.34. The molecule has 0 fully saturated rings. The van der Waals surface area contributed by atoms with E-state index in [1.54, 1.807) is 0 Å². The molecule has 0 N–H and O–H groups in total. The van der Waals surface area contributed by atoms with Crippen molar-refractivity contribution >= 4 is 12.2 Å². The molecule has 200 valence electrons. The predicted molar refractivity (Wildman–Crippen MR) is 177 cm³/mol. The van der Waals surface area contributed by atoms with Crippen molar-refractivity contribution < 1.29 is 0 Å². The van der Waals surface area contributed by atoms with Gasteiger partial charge in [0, 0.05) is 0 Å². The minimum absolute atomic E-state index is 0.389. The maximum atomic E-state index is 4.15. The third-order valence-electron chi connectivity index (χ3n) is 7.46. The first-order chi connectivity index (χ1) is 19.8. The van der Waals surface area contributed by atoms with Gasteiger partial charge in [-0.1, -0.05) is 168 Å². The highest BCUT2D eigenvalue weighted by Crippen LogP contribution is 2.56. The van der Waals surface area contributed by atoms with Gasteiger partial charge in [0.15, 0.2) is 0 Å². The van der Waals surface area contributed by atoms with Crippen molar-refractivity contribution in [2.45, 2.75) is 40.0 Å². The first-order valence-corrected chi connectivity index (χ1v) is 14.5. The zero-order chi connectivity index (χ0) is 28.5. The van der Waals surface area contributed by atoms with Crippen LogP contribution in [0, 0.1) is 0 Å². The average molecular weight is 521 g/mol. The SMILES string of the molecule is C=Cc1c(/C=C\C)cccc1-c1ccc2c(c1)C(c1ccccc1)(c1ccccc1)c1ccccc1-2.CC.CC. The highest BCUT2D eigenvalue weighted by atomic mass is 14.5. The molecule has 0 heteroatoms. The minimum Gasteiger partial charge on any atom is -0.0984 e. The number of benzene rings is 5. The Morgan fingerprint density at radius 2 is 1.10 bits per heavy atom. The van der Waals surface area contributed by atoms with E-state index in [0.29, 0.717) is 0 Å². The molecule has 0 radical (unpaired) electrons. The van der Waals surface area contributed by atoms with Crippen LogP contribution < -0.4 is 0 Å². The Bertz CT molecular complexity index is 1550. The Kier molecular flexibility index (Phi) is 9.35. The Hall–Kier alpha value is -4.42. The van der Waals surface area contributed by atoms with Gasteiger partial charge in [0.25, 0.3) is 0 Å². The van der Waals surface area contributed by atoms with Gasteiger partial charge in [0.1, 0.15) is 0 Å². The second-order valence-corrected chi connectivity index (χ2v) is 9.30. The number of rotatable bonds is 5. The lowest BCUT2D eigenvalue weighted by atomic mass is 9.67. The van der Waals surface area contributed by atoms with Gasteiger partial charge in [-0.05, 0) is 68.6 Å². The van der Waals surface area contributed by atoms with Crippen molar-refractivity contribution in [1.82, 2.24) is 0 Å². The first kappa shape index (κ1) is 28.6. The molecule has 0 amide bonds. The standard InChI is InChI=1S/C36H28.2C2H6/c1-3-14-26-15-13-21-31(30(26)4-2)27-23-24-33-32-20-11-12-22-34(32)36(35(33)25-27,28-16-7-5-8-17-28)29-18-9-6-10-19-29;2*1-2/h3-25H,2H2,1H3;2*1-2H3/b14-3-;;. The van der Waals surface area contributed by atoms with Gasteiger partial charge in [-0.25, -0.2) is 0 Å². The molecule has 6 rings (SSSR count). The highest BCUT2D eigenvalue weighted by Gasteiger charge is 2.46. The number of allylic oxidation sites excluding steroid dienone is 1. The Morgan fingerprint density at radius 3 is 1.70 bits per heavy atom. The lowest BCUT2D eigenvalue weighted by molar-refractivity contribution is 0.769. The molecule has 5 aromatic rings. The van der Waals surface area contributed by atoms with Gasteiger partial charge >= 0.3 is 0 Å². The lowest BCUT2D eigenvalue weighted by Crippen LogP contribution is -2.28. The summed E-state index contributed by atoms with van der Waals surface area (Å²) in [5.74, 6) is 0. The van der Waals surface area contributed by atoms with Gasteiger partial charge in [-0.15, -0.1) is 0 Å².